The molecule has 0 spiro atoms. The molecule has 0 saturated carbocycles. The maximum absolute atomic E-state index is 10.5. The van der Waals surface area contributed by atoms with Crippen LogP contribution in [0.15, 0.2) is 0 Å². The molecule has 0 amide bonds. The van der Waals surface area contributed by atoms with Gasteiger partial charge in [0.2, 0.25) is 4.69 Å². The van der Waals surface area contributed by atoms with Gasteiger partial charge in [-0.2, -0.15) is 0 Å². The molecule has 0 aromatic rings. The lowest BCUT2D eigenvalue weighted by Gasteiger charge is -1.99. The molecule has 0 unspecified atom stereocenters. The molecule has 0 bridgehead atoms. The molecule has 1 fully saturated rings. The van der Waals surface area contributed by atoms with Gasteiger partial charge in [0.25, 0.3) is 0 Å². The second kappa shape index (κ2) is 2.60. The summed E-state index contributed by atoms with van der Waals surface area (Å²) in [6.45, 7) is 0.988. The Morgan fingerprint density at radius 1 is 1.75 bits per heavy atom. The van der Waals surface area contributed by atoms with Crippen LogP contribution in [0.1, 0.15) is 12.8 Å². The van der Waals surface area contributed by atoms with E-state index >= 15 is 0 Å². The molecule has 1 rings (SSSR count). The van der Waals surface area contributed by atoms with E-state index in [-0.39, 0.29) is 10.7 Å². The fourth-order valence-electron chi connectivity index (χ4n) is 0.878. The molecular formula is C5H8BrNO. The zero-order chi connectivity index (χ0) is 5.98. The molecule has 2 nitrogen and oxygen atoms in total. The minimum Gasteiger partial charge on any atom is -0.307 e. The average Bonchev–Trinajstić information content (AvgIpc) is 2.12. The Hall–Kier alpha value is 0.110. The molecule has 1 atom stereocenters. The fourth-order valence-corrected chi connectivity index (χ4v) is 1.27. The number of halogens is 1. The third kappa shape index (κ3) is 1.29. The summed E-state index contributed by atoms with van der Waals surface area (Å²) in [4.78, 5) is 10.5. The summed E-state index contributed by atoms with van der Waals surface area (Å²) < 4.78 is 0.0926. The molecule has 1 N–H and O–H groups in total. The number of hydrogen-bond acceptors (Lipinski definition) is 2. The van der Waals surface area contributed by atoms with Crippen LogP contribution >= 0.6 is 15.9 Å². The molecule has 0 aliphatic carbocycles. The fraction of sp³-hybridized carbons (Fsp3) is 0.800. The van der Waals surface area contributed by atoms with E-state index in [2.05, 4.69) is 21.2 Å². The van der Waals surface area contributed by atoms with Crippen molar-refractivity contribution in [2.24, 2.45) is 0 Å². The highest BCUT2D eigenvalue weighted by atomic mass is 79.9. The van der Waals surface area contributed by atoms with Crippen LogP contribution in [0.3, 0.4) is 0 Å². The van der Waals surface area contributed by atoms with Gasteiger partial charge in [0.1, 0.15) is 0 Å². The minimum absolute atomic E-state index is 0.0926. The SMILES string of the molecule is O=C(Br)[C@@H]1CCCN1. The number of carbonyl (C=O) groups is 1. The predicted octanol–water partition coefficient (Wildman–Crippen LogP) is 0.660. The van der Waals surface area contributed by atoms with Gasteiger partial charge in [0.05, 0.1) is 6.04 Å². The molecule has 0 aromatic heterocycles. The van der Waals surface area contributed by atoms with E-state index in [9.17, 15) is 4.79 Å². The lowest BCUT2D eigenvalue weighted by atomic mass is 10.2. The smallest absolute Gasteiger partial charge is 0.214 e. The Labute approximate surface area is 56.8 Å². The summed E-state index contributed by atoms with van der Waals surface area (Å²) in [7, 11) is 0. The van der Waals surface area contributed by atoms with Gasteiger partial charge in [-0.05, 0) is 35.3 Å². The third-order valence-corrected chi connectivity index (χ3v) is 1.89. The summed E-state index contributed by atoms with van der Waals surface area (Å²) in [5, 5.41) is 3.06. The van der Waals surface area contributed by atoms with Gasteiger partial charge in [-0.1, -0.05) is 0 Å². The minimum atomic E-state index is 0.0926. The van der Waals surface area contributed by atoms with Gasteiger partial charge < -0.3 is 5.32 Å². The van der Waals surface area contributed by atoms with Crippen LogP contribution in [-0.2, 0) is 4.79 Å². The lowest BCUT2D eigenvalue weighted by molar-refractivity contribution is -0.111. The van der Waals surface area contributed by atoms with Crippen LogP contribution in [0.25, 0.3) is 0 Å². The third-order valence-electron chi connectivity index (χ3n) is 1.33. The molecule has 0 radical (unpaired) electrons. The molecule has 1 heterocycles. The lowest BCUT2D eigenvalue weighted by Crippen LogP contribution is -2.26. The molecule has 1 saturated heterocycles. The van der Waals surface area contributed by atoms with Crippen LogP contribution < -0.4 is 5.32 Å². The van der Waals surface area contributed by atoms with Crippen molar-refractivity contribution in [2.75, 3.05) is 6.54 Å². The Morgan fingerprint density at radius 3 is 2.75 bits per heavy atom. The van der Waals surface area contributed by atoms with E-state index in [4.69, 9.17) is 0 Å². The average molecular weight is 178 g/mol. The summed E-state index contributed by atoms with van der Waals surface area (Å²) in [5.74, 6) is 0. The first kappa shape index (κ1) is 6.23. The summed E-state index contributed by atoms with van der Waals surface area (Å²) in [5.41, 5.74) is 0. The summed E-state index contributed by atoms with van der Waals surface area (Å²) in [6.07, 6.45) is 2.12. The Bertz CT molecular complexity index is 98.6. The number of nitrogens with one attached hydrogen (secondary N) is 1. The molecule has 46 valence electrons. The van der Waals surface area contributed by atoms with E-state index in [0.29, 0.717) is 0 Å². The Balaban J connectivity index is 2.35. The van der Waals surface area contributed by atoms with E-state index in [1.165, 1.54) is 0 Å². The van der Waals surface area contributed by atoms with Gasteiger partial charge >= 0.3 is 0 Å². The van der Waals surface area contributed by atoms with Crippen LogP contribution in [0.4, 0.5) is 0 Å². The highest BCUT2D eigenvalue weighted by Crippen LogP contribution is 2.07. The van der Waals surface area contributed by atoms with Crippen molar-refractivity contribution in [2.45, 2.75) is 18.9 Å². The number of rotatable bonds is 1. The number of hydrogen-bond donors (Lipinski definition) is 1. The first-order valence-electron chi connectivity index (χ1n) is 2.73. The van der Waals surface area contributed by atoms with Crippen LogP contribution in [0, 0.1) is 0 Å². The van der Waals surface area contributed by atoms with Crippen molar-refractivity contribution in [1.29, 1.82) is 0 Å². The monoisotopic (exact) mass is 177 g/mol. The van der Waals surface area contributed by atoms with Crippen molar-refractivity contribution in [3.05, 3.63) is 0 Å². The molecule has 8 heavy (non-hydrogen) atoms. The van der Waals surface area contributed by atoms with E-state index in [0.717, 1.165) is 19.4 Å². The van der Waals surface area contributed by atoms with Crippen molar-refractivity contribution in [1.82, 2.24) is 5.32 Å². The second-order valence-electron chi connectivity index (χ2n) is 1.95. The van der Waals surface area contributed by atoms with E-state index < -0.39 is 0 Å². The van der Waals surface area contributed by atoms with Gasteiger partial charge in [-0.15, -0.1) is 0 Å². The topological polar surface area (TPSA) is 29.1 Å². The highest BCUT2D eigenvalue weighted by molar-refractivity contribution is 9.18. The van der Waals surface area contributed by atoms with E-state index in [1.807, 2.05) is 0 Å². The van der Waals surface area contributed by atoms with Crippen LogP contribution in [0.2, 0.25) is 0 Å². The standard InChI is InChI=1S/C5H8BrNO/c6-5(8)4-2-1-3-7-4/h4,7H,1-3H2/t4-/m0/s1. The first-order valence-corrected chi connectivity index (χ1v) is 3.53. The zero-order valence-electron chi connectivity index (χ0n) is 4.48. The molecule has 0 aromatic carbocycles. The Kier molecular flexibility index (Phi) is 2.02. The largest absolute Gasteiger partial charge is 0.307 e. The van der Waals surface area contributed by atoms with Crippen LogP contribution in [0.5, 0.6) is 0 Å². The maximum atomic E-state index is 10.5. The second-order valence-corrected chi connectivity index (χ2v) is 2.73. The maximum Gasteiger partial charge on any atom is 0.214 e. The molecule has 1 aliphatic rings. The molecule has 3 heteroatoms. The van der Waals surface area contributed by atoms with Crippen molar-refractivity contribution in [3.63, 3.8) is 0 Å². The number of carbonyl (C=O) groups excluding carboxylic acids is 1. The molecule has 1 aliphatic heterocycles. The van der Waals surface area contributed by atoms with Gasteiger partial charge in [0, 0.05) is 0 Å². The summed E-state index contributed by atoms with van der Waals surface area (Å²) >= 11 is 2.90. The highest BCUT2D eigenvalue weighted by Gasteiger charge is 2.18. The first-order chi connectivity index (χ1) is 3.80. The molecular weight excluding hydrogens is 170 g/mol. The van der Waals surface area contributed by atoms with Gasteiger partial charge in [-0.25, -0.2) is 0 Å². The van der Waals surface area contributed by atoms with Gasteiger partial charge in [0.15, 0.2) is 0 Å². The quantitative estimate of drug-likeness (QED) is 0.597. The Morgan fingerprint density at radius 2 is 2.50 bits per heavy atom. The van der Waals surface area contributed by atoms with Crippen LogP contribution in [-0.4, -0.2) is 17.3 Å². The predicted molar refractivity (Wildman–Crippen MR) is 35.0 cm³/mol. The normalized spacial score (nSPS) is 28.4. The van der Waals surface area contributed by atoms with Crippen molar-refractivity contribution in [3.8, 4) is 0 Å². The zero-order valence-corrected chi connectivity index (χ0v) is 6.07. The van der Waals surface area contributed by atoms with Crippen molar-refractivity contribution >= 4 is 20.6 Å². The van der Waals surface area contributed by atoms with E-state index in [1.54, 1.807) is 0 Å². The van der Waals surface area contributed by atoms with Gasteiger partial charge in [-0.3, -0.25) is 4.79 Å². The summed E-state index contributed by atoms with van der Waals surface area (Å²) in [6, 6.07) is 0.0926. The van der Waals surface area contributed by atoms with Crippen molar-refractivity contribution < 1.29 is 4.79 Å².